The molecule has 0 radical (unpaired) electrons. The number of nitrogens with one attached hydrogen (secondary N) is 2. The van der Waals surface area contributed by atoms with E-state index in [9.17, 15) is 9.18 Å². The third-order valence-electron chi connectivity index (χ3n) is 3.86. The topological polar surface area (TPSA) is 41.1 Å². The lowest BCUT2D eigenvalue weighted by atomic mass is 9.87. The minimum atomic E-state index is -0.396. The number of para-hydroxylation sites is 1. The Kier molecular flexibility index (Phi) is 4.40. The van der Waals surface area contributed by atoms with Crippen molar-refractivity contribution in [1.29, 1.82) is 0 Å². The Balaban J connectivity index is 2.06. The highest BCUT2D eigenvalue weighted by Crippen LogP contribution is 2.24. The van der Waals surface area contributed by atoms with E-state index in [0.717, 1.165) is 31.6 Å². The zero-order chi connectivity index (χ0) is 13.8. The molecule has 4 heteroatoms. The smallest absolute Gasteiger partial charge is 0.253 e. The van der Waals surface area contributed by atoms with Gasteiger partial charge < -0.3 is 10.6 Å². The first-order valence-corrected chi connectivity index (χ1v) is 6.89. The maximum atomic E-state index is 13.6. The van der Waals surface area contributed by atoms with Gasteiger partial charge in [-0.15, -0.1) is 0 Å². The summed E-state index contributed by atoms with van der Waals surface area (Å²) in [7, 11) is 1.62. The van der Waals surface area contributed by atoms with Gasteiger partial charge in [-0.25, -0.2) is 4.39 Å². The Morgan fingerprint density at radius 3 is 2.58 bits per heavy atom. The summed E-state index contributed by atoms with van der Waals surface area (Å²) in [4.78, 5) is 12.2. The minimum Gasteiger partial charge on any atom is -0.385 e. The van der Waals surface area contributed by atoms with E-state index in [2.05, 4.69) is 17.6 Å². The third-order valence-corrected chi connectivity index (χ3v) is 3.86. The van der Waals surface area contributed by atoms with Crippen LogP contribution in [0.3, 0.4) is 0 Å². The van der Waals surface area contributed by atoms with E-state index in [0.29, 0.717) is 5.56 Å². The van der Waals surface area contributed by atoms with Crippen LogP contribution in [0.1, 0.15) is 43.0 Å². The standard InChI is InChI=1S/C15H21FN2O/c1-10-6-8-11(9-7-10)18-15(19)12-4-3-5-13(16)14(12)17-2/h3-5,10-11,17H,6-9H2,1-2H3,(H,18,19). The summed E-state index contributed by atoms with van der Waals surface area (Å²) >= 11 is 0. The molecule has 104 valence electrons. The van der Waals surface area contributed by atoms with Crippen LogP contribution < -0.4 is 10.6 Å². The Hall–Kier alpha value is -1.58. The van der Waals surface area contributed by atoms with Gasteiger partial charge in [0.05, 0.1) is 11.3 Å². The van der Waals surface area contributed by atoms with Crippen LogP contribution in [0, 0.1) is 11.7 Å². The van der Waals surface area contributed by atoms with E-state index < -0.39 is 5.82 Å². The van der Waals surface area contributed by atoms with Gasteiger partial charge in [-0.2, -0.15) is 0 Å². The van der Waals surface area contributed by atoms with Crippen molar-refractivity contribution >= 4 is 11.6 Å². The van der Waals surface area contributed by atoms with Gasteiger partial charge in [0.25, 0.3) is 5.91 Å². The molecule has 0 heterocycles. The summed E-state index contributed by atoms with van der Waals surface area (Å²) in [5.74, 6) is 0.158. The molecule has 3 nitrogen and oxygen atoms in total. The van der Waals surface area contributed by atoms with Crippen LogP contribution in [-0.2, 0) is 0 Å². The Morgan fingerprint density at radius 2 is 1.95 bits per heavy atom. The van der Waals surface area contributed by atoms with E-state index in [-0.39, 0.29) is 17.6 Å². The predicted octanol–water partition coefficient (Wildman–Crippen LogP) is 3.18. The van der Waals surface area contributed by atoms with Crippen molar-refractivity contribution in [1.82, 2.24) is 5.32 Å². The van der Waals surface area contributed by atoms with Crippen LogP contribution in [0.2, 0.25) is 0 Å². The number of anilines is 1. The zero-order valence-corrected chi connectivity index (χ0v) is 11.5. The minimum absolute atomic E-state index is 0.191. The molecule has 2 rings (SSSR count). The Bertz CT molecular complexity index is 453. The van der Waals surface area contributed by atoms with Gasteiger partial charge in [0.15, 0.2) is 0 Å². The van der Waals surface area contributed by atoms with Crippen LogP contribution in [0.25, 0.3) is 0 Å². The largest absolute Gasteiger partial charge is 0.385 e. The molecular formula is C15H21FN2O. The first kappa shape index (κ1) is 13.8. The van der Waals surface area contributed by atoms with Crippen LogP contribution in [0.4, 0.5) is 10.1 Å². The molecule has 0 aliphatic heterocycles. The maximum Gasteiger partial charge on any atom is 0.253 e. The SMILES string of the molecule is CNc1c(F)cccc1C(=O)NC1CCC(C)CC1. The van der Waals surface area contributed by atoms with Gasteiger partial charge in [0, 0.05) is 13.1 Å². The number of hydrogen-bond donors (Lipinski definition) is 2. The number of benzene rings is 1. The number of carbonyl (C=O) groups is 1. The van der Waals surface area contributed by atoms with Crippen LogP contribution >= 0.6 is 0 Å². The number of carbonyl (C=O) groups excluding carboxylic acids is 1. The van der Waals surface area contributed by atoms with Crippen LogP contribution in [0.5, 0.6) is 0 Å². The van der Waals surface area contributed by atoms with Crippen molar-refractivity contribution < 1.29 is 9.18 Å². The third kappa shape index (κ3) is 3.25. The quantitative estimate of drug-likeness (QED) is 0.880. The molecule has 1 aromatic carbocycles. The van der Waals surface area contributed by atoms with E-state index in [1.54, 1.807) is 19.2 Å². The number of rotatable bonds is 3. The lowest BCUT2D eigenvalue weighted by molar-refractivity contribution is 0.0923. The second-order valence-electron chi connectivity index (χ2n) is 5.34. The molecule has 1 aliphatic rings. The molecule has 0 atom stereocenters. The molecule has 1 aliphatic carbocycles. The fourth-order valence-corrected chi connectivity index (χ4v) is 2.64. The van der Waals surface area contributed by atoms with Crippen molar-refractivity contribution in [2.24, 2.45) is 5.92 Å². The van der Waals surface area contributed by atoms with E-state index in [1.807, 2.05) is 0 Å². The summed E-state index contributed by atoms with van der Waals surface area (Å²) in [6.45, 7) is 2.24. The van der Waals surface area contributed by atoms with E-state index in [4.69, 9.17) is 0 Å². The molecule has 1 fully saturated rings. The molecular weight excluding hydrogens is 243 g/mol. The highest BCUT2D eigenvalue weighted by atomic mass is 19.1. The van der Waals surface area contributed by atoms with Gasteiger partial charge in [0.1, 0.15) is 5.82 Å². The van der Waals surface area contributed by atoms with Gasteiger partial charge >= 0.3 is 0 Å². The molecule has 1 amide bonds. The van der Waals surface area contributed by atoms with Crippen molar-refractivity contribution in [2.45, 2.75) is 38.6 Å². The van der Waals surface area contributed by atoms with E-state index >= 15 is 0 Å². The average molecular weight is 264 g/mol. The molecule has 19 heavy (non-hydrogen) atoms. The normalized spacial score (nSPS) is 22.9. The first-order chi connectivity index (χ1) is 9.11. The predicted molar refractivity (Wildman–Crippen MR) is 74.8 cm³/mol. The van der Waals surface area contributed by atoms with Crippen molar-refractivity contribution in [3.63, 3.8) is 0 Å². The first-order valence-electron chi connectivity index (χ1n) is 6.89. The number of hydrogen-bond acceptors (Lipinski definition) is 2. The summed E-state index contributed by atoms with van der Waals surface area (Å²) in [6.07, 6.45) is 4.31. The summed E-state index contributed by atoms with van der Waals surface area (Å²) in [6, 6.07) is 4.78. The number of halogens is 1. The van der Waals surface area contributed by atoms with Crippen LogP contribution in [-0.4, -0.2) is 19.0 Å². The second-order valence-corrected chi connectivity index (χ2v) is 5.34. The summed E-state index contributed by atoms with van der Waals surface area (Å²) in [5.41, 5.74) is 0.644. The molecule has 1 saturated carbocycles. The van der Waals surface area contributed by atoms with E-state index in [1.165, 1.54) is 6.07 Å². The lowest BCUT2D eigenvalue weighted by Crippen LogP contribution is -2.37. The summed E-state index contributed by atoms with van der Waals surface area (Å²) < 4.78 is 13.6. The van der Waals surface area contributed by atoms with Gasteiger partial charge in [0.2, 0.25) is 0 Å². The Morgan fingerprint density at radius 1 is 1.26 bits per heavy atom. The summed E-state index contributed by atoms with van der Waals surface area (Å²) in [5, 5.41) is 5.77. The van der Waals surface area contributed by atoms with Crippen LogP contribution in [0.15, 0.2) is 18.2 Å². The molecule has 0 aromatic heterocycles. The van der Waals surface area contributed by atoms with Crippen molar-refractivity contribution in [2.75, 3.05) is 12.4 Å². The monoisotopic (exact) mass is 264 g/mol. The average Bonchev–Trinajstić information content (AvgIpc) is 2.41. The zero-order valence-electron chi connectivity index (χ0n) is 11.5. The molecule has 0 spiro atoms. The molecule has 0 bridgehead atoms. The highest BCUT2D eigenvalue weighted by Gasteiger charge is 2.22. The molecule has 0 unspecified atom stereocenters. The van der Waals surface area contributed by atoms with Crippen molar-refractivity contribution in [3.8, 4) is 0 Å². The fourth-order valence-electron chi connectivity index (χ4n) is 2.64. The highest BCUT2D eigenvalue weighted by molar-refractivity contribution is 5.99. The van der Waals surface area contributed by atoms with Gasteiger partial charge in [-0.1, -0.05) is 13.0 Å². The fraction of sp³-hybridized carbons (Fsp3) is 0.533. The lowest BCUT2D eigenvalue weighted by Gasteiger charge is -2.27. The van der Waals surface area contributed by atoms with Gasteiger partial charge in [-0.05, 0) is 43.7 Å². The maximum absolute atomic E-state index is 13.6. The van der Waals surface area contributed by atoms with Crippen molar-refractivity contribution in [3.05, 3.63) is 29.6 Å². The second kappa shape index (κ2) is 6.04. The Labute approximate surface area is 113 Å². The molecule has 1 aromatic rings. The molecule has 0 saturated heterocycles. The van der Waals surface area contributed by atoms with Gasteiger partial charge in [-0.3, -0.25) is 4.79 Å². The molecule has 2 N–H and O–H groups in total. The number of amides is 1.